The van der Waals surface area contributed by atoms with Crippen molar-refractivity contribution in [3.05, 3.63) is 46.6 Å². The average Bonchev–Trinajstić information content (AvgIpc) is 2.76. The molecule has 0 amide bonds. The van der Waals surface area contributed by atoms with E-state index in [1.807, 2.05) is 35.8 Å². The third-order valence-corrected chi connectivity index (χ3v) is 3.72. The van der Waals surface area contributed by atoms with Gasteiger partial charge in [0.15, 0.2) is 5.65 Å². The quantitative estimate of drug-likeness (QED) is 0.807. The SMILES string of the molecule is COc1cccc(Cl)c1Cn1c(N)nc2cc(C)cnc21. The van der Waals surface area contributed by atoms with Gasteiger partial charge in [0.25, 0.3) is 0 Å². The maximum Gasteiger partial charge on any atom is 0.202 e. The van der Waals surface area contributed by atoms with Gasteiger partial charge >= 0.3 is 0 Å². The lowest BCUT2D eigenvalue weighted by atomic mass is 10.2. The molecule has 3 rings (SSSR count). The molecule has 0 fully saturated rings. The Morgan fingerprint density at radius 1 is 1.38 bits per heavy atom. The van der Waals surface area contributed by atoms with Gasteiger partial charge in [0.2, 0.25) is 5.95 Å². The Hall–Kier alpha value is -2.27. The van der Waals surface area contributed by atoms with Crippen LogP contribution in [0.1, 0.15) is 11.1 Å². The Morgan fingerprint density at radius 2 is 2.19 bits per heavy atom. The van der Waals surface area contributed by atoms with Crippen LogP contribution in [0.3, 0.4) is 0 Å². The second kappa shape index (κ2) is 5.26. The predicted octanol–water partition coefficient (Wildman–Crippen LogP) is 3.03. The van der Waals surface area contributed by atoms with Crippen LogP contribution in [0.25, 0.3) is 11.2 Å². The summed E-state index contributed by atoms with van der Waals surface area (Å²) in [4.78, 5) is 8.77. The van der Waals surface area contributed by atoms with Crippen molar-refractivity contribution in [3.63, 3.8) is 0 Å². The summed E-state index contributed by atoms with van der Waals surface area (Å²) in [6.07, 6.45) is 1.80. The molecule has 0 bridgehead atoms. The first-order valence-electron chi connectivity index (χ1n) is 6.50. The molecule has 0 aliphatic carbocycles. The van der Waals surface area contributed by atoms with E-state index in [9.17, 15) is 0 Å². The molecule has 0 atom stereocenters. The largest absolute Gasteiger partial charge is 0.496 e. The lowest BCUT2D eigenvalue weighted by Crippen LogP contribution is -2.07. The van der Waals surface area contributed by atoms with Crippen LogP contribution in [0.4, 0.5) is 5.95 Å². The van der Waals surface area contributed by atoms with Crippen molar-refractivity contribution in [3.8, 4) is 5.75 Å². The molecule has 21 heavy (non-hydrogen) atoms. The smallest absolute Gasteiger partial charge is 0.202 e. The van der Waals surface area contributed by atoms with Crippen LogP contribution < -0.4 is 10.5 Å². The van der Waals surface area contributed by atoms with Gasteiger partial charge in [0, 0.05) is 16.8 Å². The molecule has 0 aliphatic rings. The second-order valence-electron chi connectivity index (χ2n) is 4.83. The van der Waals surface area contributed by atoms with E-state index in [2.05, 4.69) is 9.97 Å². The van der Waals surface area contributed by atoms with Crippen LogP contribution >= 0.6 is 11.6 Å². The van der Waals surface area contributed by atoms with Crippen LogP contribution in [0.2, 0.25) is 5.02 Å². The van der Waals surface area contributed by atoms with Gasteiger partial charge in [-0.1, -0.05) is 17.7 Å². The standard InChI is InChI=1S/C15H15ClN4O/c1-9-6-12-14(18-7-9)20(15(17)19-12)8-10-11(16)4-3-5-13(10)21-2/h3-7H,8H2,1-2H3,(H2,17,19). The van der Waals surface area contributed by atoms with Crippen LogP contribution in [0.5, 0.6) is 5.75 Å². The van der Waals surface area contributed by atoms with Gasteiger partial charge in [-0.15, -0.1) is 0 Å². The summed E-state index contributed by atoms with van der Waals surface area (Å²) in [5.41, 5.74) is 9.43. The first-order chi connectivity index (χ1) is 10.1. The first-order valence-corrected chi connectivity index (χ1v) is 6.87. The number of imidazole rings is 1. The van der Waals surface area contributed by atoms with E-state index in [-0.39, 0.29) is 0 Å². The van der Waals surface area contributed by atoms with E-state index in [0.717, 1.165) is 28.0 Å². The van der Waals surface area contributed by atoms with E-state index in [1.54, 1.807) is 13.3 Å². The van der Waals surface area contributed by atoms with Gasteiger partial charge in [-0.3, -0.25) is 4.57 Å². The fourth-order valence-electron chi connectivity index (χ4n) is 2.33. The normalized spacial score (nSPS) is 11.0. The summed E-state index contributed by atoms with van der Waals surface area (Å²) in [6, 6.07) is 7.50. The number of aromatic nitrogens is 3. The number of methoxy groups -OCH3 is 1. The molecule has 0 saturated carbocycles. The zero-order valence-corrected chi connectivity index (χ0v) is 12.6. The molecule has 0 spiro atoms. The third-order valence-electron chi connectivity index (χ3n) is 3.36. The Balaban J connectivity index is 2.12. The number of fused-ring (bicyclic) bond motifs is 1. The third kappa shape index (κ3) is 2.40. The monoisotopic (exact) mass is 302 g/mol. The Morgan fingerprint density at radius 3 is 2.95 bits per heavy atom. The second-order valence-corrected chi connectivity index (χ2v) is 5.24. The molecule has 5 nitrogen and oxygen atoms in total. The maximum atomic E-state index is 6.28. The topological polar surface area (TPSA) is 66.0 Å². The summed E-state index contributed by atoms with van der Waals surface area (Å²) in [7, 11) is 1.62. The molecular weight excluding hydrogens is 288 g/mol. The Bertz CT molecular complexity index is 813. The number of rotatable bonds is 3. The fourth-order valence-corrected chi connectivity index (χ4v) is 2.55. The summed E-state index contributed by atoms with van der Waals surface area (Å²) in [5, 5.41) is 0.628. The molecule has 1 aromatic carbocycles. The highest BCUT2D eigenvalue weighted by molar-refractivity contribution is 6.31. The number of halogens is 1. The number of benzene rings is 1. The number of nitrogens with two attached hydrogens (primary N) is 1. The summed E-state index contributed by atoms with van der Waals surface area (Å²) in [5.74, 6) is 1.13. The van der Waals surface area contributed by atoms with E-state index in [1.165, 1.54) is 0 Å². The average molecular weight is 303 g/mol. The molecule has 6 heteroatoms. The molecule has 2 N–H and O–H groups in total. The highest BCUT2D eigenvalue weighted by Gasteiger charge is 2.14. The predicted molar refractivity (Wildman–Crippen MR) is 83.8 cm³/mol. The number of hydrogen-bond donors (Lipinski definition) is 1. The summed E-state index contributed by atoms with van der Waals surface area (Å²) in [6.45, 7) is 2.43. The molecule has 3 aromatic rings. The van der Waals surface area contributed by atoms with Crippen LogP contribution in [-0.2, 0) is 6.54 Å². The minimum atomic E-state index is 0.407. The highest BCUT2D eigenvalue weighted by Crippen LogP contribution is 2.29. The van der Waals surface area contributed by atoms with E-state index < -0.39 is 0 Å². The molecule has 0 aliphatic heterocycles. The van der Waals surface area contributed by atoms with E-state index in [0.29, 0.717) is 17.5 Å². The van der Waals surface area contributed by atoms with Crippen molar-refractivity contribution in [1.29, 1.82) is 0 Å². The van der Waals surface area contributed by atoms with Gasteiger partial charge in [-0.2, -0.15) is 0 Å². The number of anilines is 1. The summed E-state index contributed by atoms with van der Waals surface area (Å²) < 4.78 is 7.20. The molecule has 2 aromatic heterocycles. The van der Waals surface area contributed by atoms with Crippen molar-refractivity contribution >= 4 is 28.7 Å². The molecule has 2 heterocycles. The summed E-state index contributed by atoms with van der Waals surface area (Å²) >= 11 is 6.28. The zero-order chi connectivity index (χ0) is 15.0. The van der Waals surface area contributed by atoms with Crippen molar-refractivity contribution in [2.75, 3.05) is 12.8 Å². The van der Waals surface area contributed by atoms with E-state index in [4.69, 9.17) is 22.1 Å². The van der Waals surface area contributed by atoms with Gasteiger partial charge in [0.05, 0.1) is 13.7 Å². The van der Waals surface area contributed by atoms with Crippen molar-refractivity contribution in [2.45, 2.75) is 13.5 Å². The number of hydrogen-bond acceptors (Lipinski definition) is 4. The lowest BCUT2D eigenvalue weighted by Gasteiger charge is -2.12. The van der Waals surface area contributed by atoms with E-state index >= 15 is 0 Å². The van der Waals surface area contributed by atoms with Gasteiger partial charge < -0.3 is 10.5 Å². The van der Waals surface area contributed by atoms with Crippen LogP contribution in [0, 0.1) is 6.92 Å². The highest BCUT2D eigenvalue weighted by atomic mass is 35.5. The minimum Gasteiger partial charge on any atom is -0.496 e. The number of nitrogen functional groups attached to an aromatic ring is 1. The van der Waals surface area contributed by atoms with Crippen molar-refractivity contribution < 1.29 is 4.74 Å². The zero-order valence-electron chi connectivity index (χ0n) is 11.8. The molecule has 0 radical (unpaired) electrons. The minimum absolute atomic E-state index is 0.407. The van der Waals surface area contributed by atoms with Crippen LogP contribution in [-0.4, -0.2) is 21.6 Å². The van der Waals surface area contributed by atoms with Gasteiger partial charge in [0.1, 0.15) is 11.3 Å². The van der Waals surface area contributed by atoms with Crippen molar-refractivity contribution in [1.82, 2.24) is 14.5 Å². The molecule has 0 unspecified atom stereocenters. The molecule has 0 saturated heterocycles. The van der Waals surface area contributed by atoms with Crippen LogP contribution in [0.15, 0.2) is 30.5 Å². The molecular formula is C15H15ClN4O. The fraction of sp³-hybridized carbons (Fsp3) is 0.200. The Labute approximate surface area is 127 Å². The molecule has 108 valence electrons. The van der Waals surface area contributed by atoms with Crippen molar-refractivity contribution in [2.24, 2.45) is 0 Å². The van der Waals surface area contributed by atoms with Gasteiger partial charge in [-0.25, -0.2) is 9.97 Å². The number of pyridine rings is 1. The maximum absolute atomic E-state index is 6.28. The number of aryl methyl sites for hydroxylation is 1. The Kier molecular flexibility index (Phi) is 3.43. The van der Waals surface area contributed by atoms with Gasteiger partial charge in [-0.05, 0) is 30.7 Å². The number of ether oxygens (including phenoxy) is 1. The number of nitrogens with zero attached hydrogens (tertiary/aromatic N) is 3. The lowest BCUT2D eigenvalue weighted by molar-refractivity contribution is 0.408. The first kappa shape index (κ1) is 13.7.